The van der Waals surface area contributed by atoms with Crippen molar-refractivity contribution in [1.29, 1.82) is 0 Å². The maximum Gasteiger partial charge on any atom is 0.156 e. The lowest BCUT2D eigenvalue weighted by Crippen LogP contribution is -2.48. The van der Waals surface area contributed by atoms with Gasteiger partial charge in [-0.1, -0.05) is 25.6 Å². The number of thioether (sulfide) groups is 1. The van der Waals surface area contributed by atoms with E-state index < -0.39 is 0 Å². The molecule has 0 aliphatic carbocycles. The highest BCUT2D eigenvalue weighted by Crippen LogP contribution is 2.27. The van der Waals surface area contributed by atoms with Crippen molar-refractivity contribution < 1.29 is 4.74 Å². The first-order valence-electron chi connectivity index (χ1n) is 7.24. The van der Waals surface area contributed by atoms with Crippen LogP contribution < -0.4 is 5.32 Å². The van der Waals surface area contributed by atoms with E-state index in [0.717, 1.165) is 31.2 Å². The molecule has 18 heavy (non-hydrogen) atoms. The van der Waals surface area contributed by atoms with Crippen LogP contribution in [0.3, 0.4) is 0 Å². The summed E-state index contributed by atoms with van der Waals surface area (Å²) in [6, 6.07) is 0. The SMILES string of the molecule is CCC1OCCC1CN=C1NC(C)(CC)CCS1. The van der Waals surface area contributed by atoms with Crippen molar-refractivity contribution in [1.82, 2.24) is 5.32 Å². The van der Waals surface area contributed by atoms with Crippen molar-refractivity contribution in [3.05, 3.63) is 0 Å². The van der Waals surface area contributed by atoms with E-state index in [9.17, 15) is 0 Å². The van der Waals surface area contributed by atoms with Crippen LogP contribution in [0.2, 0.25) is 0 Å². The van der Waals surface area contributed by atoms with Gasteiger partial charge in [-0.2, -0.15) is 0 Å². The van der Waals surface area contributed by atoms with Gasteiger partial charge in [-0.15, -0.1) is 0 Å². The van der Waals surface area contributed by atoms with E-state index in [4.69, 9.17) is 9.73 Å². The number of rotatable bonds is 4. The molecule has 0 aromatic heterocycles. The lowest BCUT2D eigenvalue weighted by molar-refractivity contribution is 0.0893. The molecule has 2 saturated heterocycles. The zero-order valence-corrected chi connectivity index (χ0v) is 12.7. The molecule has 2 rings (SSSR count). The Hall–Kier alpha value is -0.220. The van der Waals surface area contributed by atoms with Crippen molar-refractivity contribution in [2.75, 3.05) is 18.9 Å². The summed E-state index contributed by atoms with van der Waals surface area (Å²) in [6.45, 7) is 8.60. The number of hydrogen-bond acceptors (Lipinski definition) is 3. The van der Waals surface area contributed by atoms with Gasteiger partial charge < -0.3 is 10.1 Å². The fourth-order valence-electron chi connectivity index (χ4n) is 2.63. The number of ether oxygens (including phenoxy) is 1. The van der Waals surface area contributed by atoms with E-state index >= 15 is 0 Å². The van der Waals surface area contributed by atoms with E-state index in [-0.39, 0.29) is 5.54 Å². The first-order valence-corrected chi connectivity index (χ1v) is 8.22. The third-order valence-electron chi connectivity index (χ3n) is 4.30. The van der Waals surface area contributed by atoms with Crippen LogP contribution in [-0.2, 0) is 4.74 Å². The number of aliphatic imine (C=N–C) groups is 1. The number of amidine groups is 1. The topological polar surface area (TPSA) is 33.6 Å². The zero-order valence-electron chi connectivity index (χ0n) is 11.9. The van der Waals surface area contributed by atoms with Crippen molar-refractivity contribution in [2.45, 2.75) is 58.1 Å². The Morgan fingerprint density at radius 2 is 2.33 bits per heavy atom. The second kappa shape index (κ2) is 6.29. The van der Waals surface area contributed by atoms with Crippen LogP contribution in [0.1, 0.15) is 46.5 Å². The molecule has 3 unspecified atom stereocenters. The Balaban J connectivity index is 1.89. The molecule has 1 N–H and O–H groups in total. The molecule has 2 fully saturated rings. The standard InChI is InChI=1S/C14H26N2OS/c1-4-12-11(6-8-17-12)10-15-13-16-14(3,5-2)7-9-18-13/h11-12H,4-10H2,1-3H3,(H,15,16). The summed E-state index contributed by atoms with van der Waals surface area (Å²) in [5, 5.41) is 4.75. The Kier molecular flexibility index (Phi) is 4.96. The molecular formula is C14H26N2OS. The Labute approximate surface area is 115 Å². The number of nitrogens with one attached hydrogen (secondary N) is 1. The lowest BCUT2D eigenvalue weighted by atomic mass is 9.96. The normalized spacial score (nSPS) is 38.9. The maximum absolute atomic E-state index is 5.72. The van der Waals surface area contributed by atoms with Gasteiger partial charge in [-0.3, -0.25) is 4.99 Å². The summed E-state index contributed by atoms with van der Waals surface area (Å²) in [4.78, 5) is 4.80. The van der Waals surface area contributed by atoms with Gasteiger partial charge in [0, 0.05) is 30.4 Å². The summed E-state index contributed by atoms with van der Waals surface area (Å²) < 4.78 is 5.72. The van der Waals surface area contributed by atoms with Crippen molar-refractivity contribution in [2.24, 2.45) is 10.9 Å². The van der Waals surface area contributed by atoms with Crippen molar-refractivity contribution in [3.8, 4) is 0 Å². The monoisotopic (exact) mass is 270 g/mol. The van der Waals surface area contributed by atoms with Gasteiger partial charge in [0.05, 0.1) is 6.10 Å². The average molecular weight is 270 g/mol. The van der Waals surface area contributed by atoms with Crippen molar-refractivity contribution in [3.63, 3.8) is 0 Å². The fraction of sp³-hybridized carbons (Fsp3) is 0.929. The van der Waals surface area contributed by atoms with Crippen LogP contribution in [0.4, 0.5) is 0 Å². The van der Waals surface area contributed by atoms with Gasteiger partial charge in [0.2, 0.25) is 0 Å². The molecule has 2 aliphatic rings. The zero-order chi connectivity index (χ0) is 13.0. The third kappa shape index (κ3) is 3.41. The highest BCUT2D eigenvalue weighted by molar-refractivity contribution is 8.13. The van der Waals surface area contributed by atoms with Gasteiger partial charge in [0.25, 0.3) is 0 Å². The summed E-state index contributed by atoms with van der Waals surface area (Å²) >= 11 is 1.87. The second-order valence-electron chi connectivity index (χ2n) is 5.65. The molecule has 104 valence electrons. The molecule has 3 atom stereocenters. The van der Waals surface area contributed by atoms with Crippen LogP contribution in [0.5, 0.6) is 0 Å². The van der Waals surface area contributed by atoms with Crippen LogP contribution in [0, 0.1) is 5.92 Å². The molecule has 0 aromatic rings. The van der Waals surface area contributed by atoms with E-state index in [1.807, 2.05) is 11.8 Å². The van der Waals surface area contributed by atoms with E-state index in [2.05, 4.69) is 26.1 Å². The minimum atomic E-state index is 0.250. The predicted molar refractivity (Wildman–Crippen MR) is 79.3 cm³/mol. The minimum absolute atomic E-state index is 0.250. The second-order valence-corrected chi connectivity index (χ2v) is 6.73. The molecule has 3 nitrogen and oxygen atoms in total. The van der Waals surface area contributed by atoms with Crippen LogP contribution in [-0.4, -0.2) is 35.7 Å². The minimum Gasteiger partial charge on any atom is -0.378 e. The van der Waals surface area contributed by atoms with Gasteiger partial charge >= 0.3 is 0 Å². The quantitative estimate of drug-likeness (QED) is 0.852. The van der Waals surface area contributed by atoms with Crippen molar-refractivity contribution >= 4 is 16.9 Å². The van der Waals surface area contributed by atoms with Gasteiger partial charge in [0.15, 0.2) is 5.17 Å². The molecule has 0 radical (unpaired) electrons. The molecule has 4 heteroatoms. The van der Waals surface area contributed by atoms with E-state index in [1.54, 1.807) is 0 Å². The average Bonchev–Trinajstić information content (AvgIpc) is 2.84. The van der Waals surface area contributed by atoms with Gasteiger partial charge in [0.1, 0.15) is 0 Å². The molecule has 0 spiro atoms. The highest BCUT2D eigenvalue weighted by Gasteiger charge is 2.29. The highest BCUT2D eigenvalue weighted by atomic mass is 32.2. The van der Waals surface area contributed by atoms with E-state index in [0.29, 0.717) is 12.0 Å². The third-order valence-corrected chi connectivity index (χ3v) is 5.21. The molecule has 0 amide bonds. The molecule has 2 aliphatic heterocycles. The molecule has 0 aromatic carbocycles. The Morgan fingerprint density at radius 3 is 3.06 bits per heavy atom. The molecule has 0 bridgehead atoms. The van der Waals surface area contributed by atoms with Crippen LogP contribution in [0.15, 0.2) is 4.99 Å². The predicted octanol–water partition coefficient (Wildman–Crippen LogP) is 3.05. The summed E-state index contributed by atoms with van der Waals surface area (Å²) in [5.41, 5.74) is 0.250. The van der Waals surface area contributed by atoms with Crippen LogP contribution >= 0.6 is 11.8 Å². The maximum atomic E-state index is 5.72. The molecule has 2 heterocycles. The summed E-state index contributed by atoms with van der Waals surface area (Å²) in [5.74, 6) is 1.81. The largest absolute Gasteiger partial charge is 0.378 e. The first kappa shape index (κ1) is 14.2. The molecular weight excluding hydrogens is 244 g/mol. The van der Waals surface area contributed by atoms with Gasteiger partial charge in [-0.25, -0.2) is 0 Å². The number of hydrogen-bond donors (Lipinski definition) is 1. The fourth-order valence-corrected chi connectivity index (χ4v) is 3.86. The van der Waals surface area contributed by atoms with Gasteiger partial charge in [-0.05, 0) is 32.6 Å². The first-order chi connectivity index (χ1) is 8.67. The van der Waals surface area contributed by atoms with Crippen LogP contribution in [0.25, 0.3) is 0 Å². The summed E-state index contributed by atoms with van der Waals surface area (Å²) in [6.07, 6.45) is 5.11. The Morgan fingerprint density at radius 1 is 1.50 bits per heavy atom. The Bertz CT molecular complexity index is 308. The number of nitrogens with zero attached hydrogens (tertiary/aromatic N) is 1. The molecule has 0 saturated carbocycles. The smallest absolute Gasteiger partial charge is 0.156 e. The lowest BCUT2D eigenvalue weighted by Gasteiger charge is -2.35. The van der Waals surface area contributed by atoms with E-state index in [1.165, 1.54) is 18.6 Å². The summed E-state index contributed by atoms with van der Waals surface area (Å²) in [7, 11) is 0.